The molecule has 3 nitrogen and oxygen atoms in total. The molecular formula is C11H18O3. The minimum atomic E-state index is -0.552. The van der Waals surface area contributed by atoms with E-state index < -0.39 is 6.29 Å². The Kier molecular flexibility index (Phi) is 3.54. The molecule has 0 amide bonds. The molecule has 1 heterocycles. The SMILES string of the molecule is O=C(CCC1CCC1)C1OCCCO1. The maximum Gasteiger partial charge on any atom is 0.217 e. The van der Waals surface area contributed by atoms with Gasteiger partial charge in [0.15, 0.2) is 5.78 Å². The van der Waals surface area contributed by atoms with Crippen molar-refractivity contribution in [1.82, 2.24) is 0 Å². The van der Waals surface area contributed by atoms with E-state index in [2.05, 4.69) is 0 Å². The van der Waals surface area contributed by atoms with Crippen LogP contribution in [0, 0.1) is 5.92 Å². The minimum absolute atomic E-state index is 0.136. The molecule has 1 saturated carbocycles. The Morgan fingerprint density at radius 2 is 1.86 bits per heavy atom. The Morgan fingerprint density at radius 1 is 1.14 bits per heavy atom. The van der Waals surface area contributed by atoms with Crippen molar-refractivity contribution >= 4 is 5.78 Å². The first kappa shape index (κ1) is 10.1. The van der Waals surface area contributed by atoms with Crippen LogP contribution in [0.2, 0.25) is 0 Å². The first-order chi connectivity index (χ1) is 6.86. The highest BCUT2D eigenvalue weighted by Gasteiger charge is 2.24. The Balaban J connectivity index is 1.65. The number of carbonyl (C=O) groups is 1. The van der Waals surface area contributed by atoms with Gasteiger partial charge in [0.25, 0.3) is 0 Å². The van der Waals surface area contributed by atoms with Crippen LogP contribution in [-0.2, 0) is 14.3 Å². The molecule has 0 aromatic carbocycles. The molecule has 0 unspecified atom stereocenters. The third-order valence-electron chi connectivity index (χ3n) is 3.11. The van der Waals surface area contributed by atoms with Gasteiger partial charge in [-0.05, 0) is 18.8 Å². The Labute approximate surface area is 84.8 Å². The molecule has 0 aromatic rings. The second-order valence-corrected chi connectivity index (χ2v) is 4.23. The van der Waals surface area contributed by atoms with Crippen LogP contribution in [0.3, 0.4) is 0 Å². The Hall–Kier alpha value is -0.410. The van der Waals surface area contributed by atoms with Crippen LogP contribution < -0.4 is 0 Å². The topological polar surface area (TPSA) is 35.5 Å². The highest BCUT2D eigenvalue weighted by Crippen LogP contribution is 2.30. The minimum Gasteiger partial charge on any atom is -0.346 e. The fourth-order valence-corrected chi connectivity index (χ4v) is 1.92. The summed E-state index contributed by atoms with van der Waals surface area (Å²) in [6.07, 6.45) is 5.97. The Bertz CT molecular complexity index is 193. The molecule has 0 atom stereocenters. The molecule has 0 radical (unpaired) electrons. The number of hydrogen-bond acceptors (Lipinski definition) is 3. The second-order valence-electron chi connectivity index (χ2n) is 4.23. The molecule has 2 rings (SSSR count). The monoisotopic (exact) mass is 198 g/mol. The van der Waals surface area contributed by atoms with Gasteiger partial charge in [-0.15, -0.1) is 0 Å². The maximum atomic E-state index is 11.6. The summed E-state index contributed by atoms with van der Waals surface area (Å²) in [4.78, 5) is 11.6. The van der Waals surface area contributed by atoms with Crippen LogP contribution in [0.25, 0.3) is 0 Å². The van der Waals surface area contributed by atoms with Gasteiger partial charge in [-0.2, -0.15) is 0 Å². The average Bonchev–Trinajstić information content (AvgIpc) is 2.16. The molecule has 2 fully saturated rings. The summed E-state index contributed by atoms with van der Waals surface area (Å²) in [6.45, 7) is 1.33. The van der Waals surface area contributed by atoms with E-state index in [1.165, 1.54) is 19.3 Å². The zero-order chi connectivity index (χ0) is 9.80. The molecule has 14 heavy (non-hydrogen) atoms. The summed E-state index contributed by atoms with van der Waals surface area (Å²) in [7, 11) is 0. The van der Waals surface area contributed by atoms with Gasteiger partial charge in [0.2, 0.25) is 6.29 Å². The van der Waals surface area contributed by atoms with E-state index in [4.69, 9.17) is 9.47 Å². The van der Waals surface area contributed by atoms with Crippen LogP contribution in [0.1, 0.15) is 38.5 Å². The quantitative estimate of drug-likeness (QED) is 0.692. The van der Waals surface area contributed by atoms with Crippen LogP contribution in [-0.4, -0.2) is 25.3 Å². The lowest BCUT2D eigenvalue weighted by Gasteiger charge is -2.26. The lowest BCUT2D eigenvalue weighted by atomic mass is 9.82. The number of carbonyl (C=O) groups excluding carboxylic acids is 1. The lowest BCUT2D eigenvalue weighted by molar-refractivity contribution is -0.188. The number of rotatable bonds is 4. The molecule has 0 aromatic heterocycles. The smallest absolute Gasteiger partial charge is 0.217 e. The summed E-state index contributed by atoms with van der Waals surface area (Å²) < 4.78 is 10.5. The van der Waals surface area contributed by atoms with Crippen molar-refractivity contribution in [2.45, 2.75) is 44.8 Å². The van der Waals surface area contributed by atoms with E-state index in [1.807, 2.05) is 0 Å². The van der Waals surface area contributed by atoms with Gasteiger partial charge in [-0.25, -0.2) is 0 Å². The van der Waals surface area contributed by atoms with Gasteiger partial charge < -0.3 is 9.47 Å². The van der Waals surface area contributed by atoms with Crippen LogP contribution in [0.4, 0.5) is 0 Å². The van der Waals surface area contributed by atoms with Gasteiger partial charge in [-0.3, -0.25) is 4.79 Å². The summed E-state index contributed by atoms with van der Waals surface area (Å²) in [5.74, 6) is 0.930. The normalized spacial score (nSPS) is 24.6. The van der Waals surface area contributed by atoms with E-state index in [1.54, 1.807) is 0 Å². The van der Waals surface area contributed by atoms with E-state index in [0.717, 1.165) is 18.8 Å². The van der Waals surface area contributed by atoms with Crippen LogP contribution in [0.5, 0.6) is 0 Å². The lowest BCUT2D eigenvalue weighted by Crippen LogP contribution is -2.33. The maximum absolute atomic E-state index is 11.6. The van der Waals surface area contributed by atoms with Crippen molar-refractivity contribution in [3.05, 3.63) is 0 Å². The zero-order valence-electron chi connectivity index (χ0n) is 8.54. The van der Waals surface area contributed by atoms with Gasteiger partial charge in [-0.1, -0.05) is 19.3 Å². The summed E-state index contributed by atoms with van der Waals surface area (Å²) in [5.41, 5.74) is 0. The largest absolute Gasteiger partial charge is 0.346 e. The summed E-state index contributed by atoms with van der Waals surface area (Å²) in [5, 5.41) is 0. The van der Waals surface area contributed by atoms with Gasteiger partial charge in [0.05, 0.1) is 13.2 Å². The third-order valence-corrected chi connectivity index (χ3v) is 3.11. The summed E-state index contributed by atoms with van der Waals surface area (Å²) in [6, 6.07) is 0. The predicted octanol–water partition coefficient (Wildman–Crippen LogP) is 1.90. The van der Waals surface area contributed by atoms with Crippen molar-refractivity contribution in [3.63, 3.8) is 0 Å². The highest BCUT2D eigenvalue weighted by molar-refractivity contribution is 5.81. The molecule has 1 aliphatic heterocycles. The average molecular weight is 198 g/mol. The van der Waals surface area contributed by atoms with Crippen molar-refractivity contribution in [2.24, 2.45) is 5.92 Å². The van der Waals surface area contributed by atoms with E-state index >= 15 is 0 Å². The predicted molar refractivity (Wildman–Crippen MR) is 51.9 cm³/mol. The van der Waals surface area contributed by atoms with Crippen LogP contribution >= 0.6 is 0 Å². The number of ketones is 1. The molecule has 0 spiro atoms. The van der Waals surface area contributed by atoms with Crippen molar-refractivity contribution in [2.75, 3.05) is 13.2 Å². The highest BCUT2D eigenvalue weighted by atomic mass is 16.7. The van der Waals surface area contributed by atoms with Gasteiger partial charge in [0, 0.05) is 6.42 Å². The molecule has 0 bridgehead atoms. The first-order valence-electron chi connectivity index (χ1n) is 5.62. The molecule has 0 N–H and O–H groups in total. The van der Waals surface area contributed by atoms with Crippen molar-refractivity contribution in [1.29, 1.82) is 0 Å². The van der Waals surface area contributed by atoms with Crippen molar-refractivity contribution < 1.29 is 14.3 Å². The molecule has 2 aliphatic rings. The standard InChI is InChI=1S/C11H18O3/c12-10(6-5-9-3-1-4-9)11-13-7-2-8-14-11/h9,11H,1-8H2. The third kappa shape index (κ3) is 2.55. The van der Waals surface area contributed by atoms with E-state index in [9.17, 15) is 4.79 Å². The first-order valence-corrected chi connectivity index (χ1v) is 5.62. The molecule has 3 heteroatoms. The fraction of sp³-hybridized carbons (Fsp3) is 0.909. The number of ether oxygens (including phenoxy) is 2. The van der Waals surface area contributed by atoms with Crippen LogP contribution in [0.15, 0.2) is 0 Å². The van der Waals surface area contributed by atoms with Crippen molar-refractivity contribution in [3.8, 4) is 0 Å². The molecular weight excluding hydrogens is 180 g/mol. The second kappa shape index (κ2) is 4.89. The molecule has 1 aliphatic carbocycles. The fourth-order valence-electron chi connectivity index (χ4n) is 1.92. The summed E-state index contributed by atoms with van der Waals surface area (Å²) >= 11 is 0. The van der Waals surface area contributed by atoms with E-state index in [0.29, 0.717) is 19.6 Å². The number of Topliss-reactive ketones (excluding diaryl/α,β-unsaturated/α-hetero) is 1. The van der Waals surface area contributed by atoms with E-state index in [-0.39, 0.29) is 5.78 Å². The molecule has 80 valence electrons. The molecule has 1 saturated heterocycles. The Morgan fingerprint density at radius 3 is 2.43 bits per heavy atom. The van der Waals surface area contributed by atoms with Gasteiger partial charge >= 0.3 is 0 Å². The zero-order valence-corrected chi connectivity index (χ0v) is 8.54. The number of hydrogen-bond donors (Lipinski definition) is 0. The van der Waals surface area contributed by atoms with Gasteiger partial charge in [0.1, 0.15) is 0 Å².